The number of para-hydroxylation sites is 1. The molecule has 0 radical (unpaired) electrons. The summed E-state index contributed by atoms with van der Waals surface area (Å²) in [5.41, 5.74) is 0.571. The molecule has 1 saturated heterocycles. The summed E-state index contributed by atoms with van der Waals surface area (Å²) in [4.78, 5) is 39.0. The first-order chi connectivity index (χ1) is 15.7. The molecule has 1 aliphatic rings. The monoisotopic (exact) mass is 474 g/mol. The normalized spacial score (nSPS) is 17.6. The Morgan fingerprint density at radius 3 is 2.21 bits per heavy atom. The molecule has 1 aliphatic heterocycles. The smallest absolute Gasteiger partial charge is 0.328 e. The summed E-state index contributed by atoms with van der Waals surface area (Å²) in [7, 11) is -2.84. The Kier molecular flexibility index (Phi) is 7.67. The minimum atomic E-state index is -4.03. The van der Waals surface area contributed by atoms with Gasteiger partial charge < -0.3 is 20.3 Å². The van der Waals surface area contributed by atoms with E-state index < -0.39 is 40.0 Å². The third-order valence-electron chi connectivity index (χ3n) is 5.21. The van der Waals surface area contributed by atoms with Crippen LogP contribution in [0.15, 0.2) is 65.6 Å². The summed E-state index contributed by atoms with van der Waals surface area (Å²) < 4.78 is 32.3. The van der Waals surface area contributed by atoms with Crippen molar-refractivity contribution < 1.29 is 27.5 Å². The third-order valence-corrected chi connectivity index (χ3v) is 7.13. The number of piperazine rings is 1. The first-order valence-electron chi connectivity index (χ1n) is 10.3. The Morgan fingerprint density at radius 1 is 1.00 bits per heavy atom. The van der Waals surface area contributed by atoms with E-state index in [-0.39, 0.29) is 24.5 Å². The van der Waals surface area contributed by atoms with E-state index in [1.54, 1.807) is 42.5 Å². The van der Waals surface area contributed by atoms with E-state index in [9.17, 15) is 22.8 Å². The zero-order chi connectivity index (χ0) is 24.0. The fourth-order valence-corrected chi connectivity index (χ4v) is 5.04. The van der Waals surface area contributed by atoms with Crippen LogP contribution in [0.1, 0.15) is 6.92 Å². The minimum Gasteiger partial charge on any atom is -0.467 e. The largest absolute Gasteiger partial charge is 0.467 e. The number of amides is 3. The van der Waals surface area contributed by atoms with Crippen molar-refractivity contribution in [1.82, 2.24) is 14.5 Å². The Hall–Kier alpha value is -3.44. The molecule has 2 N–H and O–H groups in total. The molecule has 0 saturated carbocycles. The number of anilines is 1. The highest BCUT2D eigenvalue weighted by Gasteiger charge is 2.42. The van der Waals surface area contributed by atoms with Crippen LogP contribution in [0.3, 0.4) is 0 Å². The van der Waals surface area contributed by atoms with Crippen molar-refractivity contribution in [3.05, 3.63) is 60.7 Å². The second kappa shape index (κ2) is 10.5. The molecule has 10 nitrogen and oxygen atoms in total. The van der Waals surface area contributed by atoms with Crippen molar-refractivity contribution in [3.63, 3.8) is 0 Å². The van der Waals surface area contributed by atoms with E-state index in [1.165, 1.54) is 31.1 Å². The summed E-state index contributed by atoms with van der Waals surface area (Å²) in [6.07, 6.45) is 0. The summed E-state index contributed by atoms with van der Waals surface area (Å²) in [5, 5.41) is 5.22. The van der Waals surface area contributed by atoms with Gasteiger partial charge in [0.15, 0.2) is 0 Å². The molecule has 33 heavy (non-hydrogen) atoms. The Balaban J connectivity index is 1.85. The first-order valence-corrected chi connectivity index (χ1v) is 11.7. The molecule has 176 valence electrons. The maximum absolute atomic E-state index is 13.3. The maximum Gasteiger partial charge on any atom is 0.328 e. The number of nitrogens with one attached hydrogen (secondary N) is 2. The quantitative estimate of drug-likeness (QED) is 0.608. The van der Waals surface area contributed by atoms with Gasteiger partial charge in [-0.3, -0.25) is 4.79 Å². The minimum absolute atomic E-state index is 0.0333. The number of hydrogen-bond donors (Lipinski definition) is 2. The highest BCUT2D eigenvalue weighted by Crippen LogP contribution is 2.22. The SMILES string of the molecule is COC(=O)[C@@H](C)NC(=O)[C@H]1CN(C(=O)Nc2ccccc2)CCN1S(=O)(=O)c1ccccc1. The topological polar surface area (TPSA) is 125 Å². The van der Waals surface area contributed by atoms with Gasteiger partial charge in [0.2, 0.25) is 15.9 Å². The number of sulfonamides is 1. The second-order valence-corrected chi connectivity index (χ2v) is 9.33. The number of carbonyl (C=O) groups excluding carboxylic acids is 3. The lowest BCUT2D eigenvalue weighted by molar-refractivity contribution is -0.145. The van der Waals surface area contributed by atoms with Crippen molar-refractivity contribution >= 4 is 33.6 Å². The zero-order valence-electron chi connectivity index (χ0n) is 18.3. The van der Waals surface area contributed by atoms with Crippen LogP contribution in [0.2, 0.25) is 0 Å². The number of nitrogens with zero attached hydrogens (tertiary/aromatic N) is 2. The van der Waals surface area contributed by atoms with Crippen molar-refractivity contribution in [2.75, 3.05) is 32.1 Å². The van der Waals surface area contributed by atoms with Crippen LogP contribution in [0.25, 0.3) is 0 Å². The van der Waals surface area contributed by atoms with Crippen LogP contribution in [0, 0.1) is 0 Å². The van der Waals surface area contributed by atoms with Crippen molar-refractivity contribution in [3.8, 4) is 0 Å². The molecular weight excluding hydrogens is 448 g/mol. The number of rotatable bonds is 6. The van der Waals surface area contributed by atoms with Crippen molar-refractivity contribution in [2.45, 2.75) is 23.9 Å². The number of esters is 1. The van der Waals surface area contributed by atoms with Gasteiger partial charge in [0, 0.05) is 25.3 Å². The average molecular weight is 475 g/mol. The fraction of sp³-hybridized carbons (Fsp3) is 0.318. The number of urea groups is 1. The van der Waals surface area contributed by atoms with Crippen LogP contribution in [0.4, 0.5) is 10.5 Å². The maximum atomic E-state index is 13.3. The standard InChI is InChI=1S/C22H26N4O6S/c1-16(21(28)32-2)23-20(27)19-15-25(22(29)24-17-9-5-3-6-10-17)13-14-26(19)33(30,31)18-11-7-4-8-12-18/h3-12,16,19H,13-15H2,1-2H3,(H,23,27)(H,24,29)/t16-,19-/m1/s1. The lowest BCUT2D eigenvalue weighted by Gasteiger charge is -2.39. The molecule has 0 unspecified atom stereocenters. The molecular formula is C22H26N4O6S. The number of carbonyl (C=O) groups is 3. The summed E-state index contributed by atoms with van der Waals surface area (Å²) >= 11 is 0. The predicted octanol–water partition coefficient (Wildman–Crippen LogP) is 1.27. The van der Waals surface area contributed by atoms with Gasteiger partial charge in [-0.05, 0) is 31.2 Å². The van der Waals surface area contributed by atoms with Crippen LogP contribution >= 0.6 is 0 Å². The molecule has 1 fully saturated rings. The van der Waals surface area contributed by atoms with Crippen LogP contribution in [0.5, 0.6) is 0 Å². The van der Waals surface area contributed by atoms with E-state index in [2.05, 4.69) is 15.4 Å². The van der Waals surface area contributed by atoms with Gasteiger partial charge in [-0.2, -0.15) is 4.31 Å². The number of benzene rings is 2. The van der Waals surface area contributed by atoms with Crippen molar-refractivity contribution in [2.24, 2.45) is 0 Å². The lowest BCUT2D eigenvalue weighted by atomic mass is 10.2. The Bertz CT molecular complexity index is 1090. The molecule has 0 bridgehead atoms. The van der Waals surface area contributed by atoms with Crippen LogP contribution in [-0.2, 0) is 24.3 Å². The van der Waals surface area contributed by atoms with Gasteiger partial charge in [0.1, 0.15) is 12.1 Å². The van der Waals surface area contributed by atoms with Crippen LogP contribution in [-0.4, -0.2) is 74.4 Å². The zero-order valence-corrected chi connectivity index (χ0v) is 19.1. The van der Waals surface area contributed by atoms with Gasteiger partial charge in [0.05, 0.1) is 12.0 Å². The Morgan fingerprint density at radius 2 is 1.61 bits per heavy atom. The molecule has 3 amide bonds. The van der Waals surface area contributed by atoms with Crippen molar-refractivity contribution in [1.29, 1.82) is 0 Å². The van der Waals surface area contributed by atoms with Gasteiger partial charge in [-0.15, -0.1) is 0 Å². The van der Waals surface area contributed by atoms with Gasteiger partial charge >= 0.3 is 12.0 Å². The number of methoxy groups -OCH3 is 1. The van der Waals surface area contributed by atoms with E-state index >= 15 is 0 Å². The molecule has 11 heteroatoms. The first kappa shape index (κ1) is 24.2. The molecule has 2 aromatic rings. The van der Waals surface area contributed by atoms with Gasteiger partial charge in [-0.1, -0.05) is 36.4 Å². The molecule has 2 atom stereocenters. The average Bonchev–Trinajstić information content (AvgIpc) is 2.84. The fourth-order valence-electron chi connectivity index (χ4n) is 3.45. The molecule has 2 aromatic carbocycles. The van der Waals surface area contributed by atoms with E-state index in [0.717, 1.165) is 4.31 Å². The lowest BCUT2D eigenvalue weighted by Crippen LogP contribution is -2.62. The summed E-state index contributed by atoms with van der Waals surface area (Å²) in [6, 6.07) is 13.8. The highest BCUT2D eigenvalue weighted by atomic mass is 32.2. The van der Waals surface area contributed by atoms with Gasteiger partial charge in [-0.25, -0.2) is 18.0 Å². The number of hydrogen-bond acceptors (Lipinski definition) is 6. The summed E-state index contributed by atoms with van der Waals surface area (Å²) in [6.45, 7) is 1.23. The highest BCUT2D eigenvalue weighted by molar-refractivity contribution is 7.89. The van der Waals surface area contributed by atoms with E-state index in [0.29, 0.717) is 5.69 Å². The van der Waals surface area contributed by atoms with Crippen LogP contribution < -0.4 is 10.6 Å². The third kappa shape index (κ3) is 5.68. The van der Waals surface area contributed by atoms with Gasteiger partial charge in [0.25, 0.3) is 0 Å². The molecule has 3 rings (SSSR count). The Labute approximate surface area is 192 Å². The summed E-state index contributed by atoms with van der Waals surface area (Å²) in [5.74, 6) is -1.38. The van der Waals surface area contributed by atoms with E-state index in [1.807, 2.05) is 6.07 Å². The predicted molar refractivity (Wildman–Crippen MR) is 121 cm³/mol. The second-order valence-electron chi connectivity index (χ2n) is 7.44. The number of ether oxygens (including phenoxy) is 1. The molecule has 1 heterocycles. The molecule has 0 spiro atoms. The molecule has 0 aliphatic carbocycles. The van der Waals surface area contributed by atoms with E-state index in [4.69, 9.17) is 0 Å². The molecule has 0 aromatic heterocycles.